The molecule has 0 aromatic heterocycles. The van der Waals surface area contributed by atoms with Crippen LogP contribution in [0.15, 0.2) is 24.3 Å². The molecular weight excluding hydrogens is 267 g/mol. The number of hydrogen-bond acceptors (Lipinski definition) is 2. The third kappa shape index (κ3) is 3.62. The molecule has 3 nitrogen and oxygen atoms in total. The van der Waals surface area contributed by atoms with Gasteiger partial charge in [-0.3, -0.25) is 9.69 Å². The van der Waals surface area contributed by atoms with Crippen LogP contribution in [0.5, 0.6) is 0 Å². The van der Waals surface area contributed by atoms with Crippen LogP contribution in [0.4, 0.5) is 4.39 Å². The summed E-state index contributed by atoms with van der Waals surface area (Å²) < 4.78 is 13.4. The Hall–Kier alpha value is -1.42. The van der Waals surface area contributed by atoms with E-state index in [1.165, 1.54) is 25.3 Å². The SMILES string of the molecule is O=C(CN1CCCC1c1cccc(F)c1)NCC1CCC1. The zero-order chi connectivity index (χ0) is 14.7. The average molecular weight is 290 g/mol. The first-order valence-corrected chi connectivity index (χ1v) is 7.98. The third-order valence-electron chi connectivity index (χ3n) is 4.76. The molecule has 1 aliphatic heterocycles. The molecule has 1 aliphatic carbocycles. The van der Waals surface area contributed by atoms with Gasteiger partial charge in [-0.05, 0) is 55.8 Å². The smallest absolute Gasteiger partial charge is 0.234 e. The number of carbonyl (C=O) groups is 1. The second-order valence-corrected chi connectivity index (χ2v) is 6.28. The molecule has 1 saturated carbocycles. The van der Waals surface area contributed by atoms with Gasteiger partial charge in [0.15, 0.2) is 0 Å². The minimum absolute atomic E-state index is 0.102. The number of rotatable bonds is 5. The van der Waals surface area contributed by atoms with Crippen molar-refractivity contribution in [1.29, 1.82) is 0 Å². The molecule has 4 heteroatoms. The molecule has 1 aromatic carbocycles. The highest BCUT2D eigenvalue weighted by molar-refractivity contribution is 5.78. The molecule has 1 aromatic rings. The fourth-order valence-electron chi connectivity index (χ4n) is 3.30. The number of likely N-dealkylation sites (tertiary alicyclic amines) is 1. The summed E-state index contributed by atoms with van der Waals surface area (Å²) in [6, 6.07) is 6.94. The molecule has 2 fully saturated rings. The van der Waals surface area contributed by atoms with E-state index in [-0.39, 0.29) is 17.8 Å². The maximum absolute atomic E-state index is 13.4. The summed E-state index contributed by atoms with van der Waals surface area (Å²) >= 11 is 0. The summed E-state index contributed by atoms with van der Waals surface area (Å²) in [6.07, 6.45) is 5.86. The molecule has 0 bridgehead atoms. The highest BCUT2D eigenvalue weighted by Gasteiger charge is 2.28. The molecule has 0 radical (unpaired) electrons. The highest BCUT2D eigenvalue weighted by atomic mass is 19.1. The van der Waals surface area contributed by atoms with E-state index in [9.17, 15) is 9.18 Å². The zero-order valence-electron chi connectivity index (χ0n) is 12.4. The number of carbonyl (C=O) groups excluding carboxylic acids is 1. The first-order chi connectivity index (χ1) is 10.2. The van der Waals surface area contributed by atoms with E-state index in [2.05, 4.69) is 10.2 Å². The van der Waals surface area contributed by atoms with Gasteiger partial charge in [0, 0.05) is 12.6 Å². The quantitative estimate of drug-likeness (QED) is 0.904. The minimum Gasteiger partial charge on any atom is -0.355 e. The number of nitrogens with one attached hydrogen (secondary N) is 1. The van der Waals surface area contributed by atoms with Crippen molar-refractivity contribution in [2.75, 3.05) is 19.6 Å². The van der Waals surface area contributed by atoms with Gasteiger partial charge in [0.1, 0.15) is 5.82 Å². The molecule has 0 spiro atoms. The summed E-state index contributed by atoms with van der Waals surface area (Å²) in [5, 5.41) is 3.04. The molecule has 1 amide bonds. The summed E-state index contributed by atoms with van der Waals surface area (Å²) in [6.45, 7) is 2.16. The summed E-state index contributed by atoms with van der Waals surface area (Å²) in [4.78, 5) is 14.2. The van der Waals surface area contributed by atoms with Gasteiger partial charge in [0.2, 0.25) is 5.91 Å². The van der Waals surface area contributed by atoms with Gasteiger partial charge in [0.05, 0.1) is 6.54 Å². The predicted octanol–water partition coefficient (Wildman–Crippen LogP) is 2.88. The fraction of sp³-hybridized carbons (Fsp3) is 0.588. The van der Waals surface area contributed by atoms with E-state index < -0.39 is 0 Å². The van der Waals surface area contributed by atoms with Crippen LogP contribution in [0.2, 0.25) is 0 Å². The van der Waals surface area contributed by atoms with Crippen molar-refractivity contribution in [1.82, 2.24) is 10.2 Å². The largest absolute Gasteiger partial charge is 0.355 e. The Morgan fingerprint density at radius 3 is 2.86 bits per heavy atom. The molecule has 2 aliphatic rings. The van der Waals surface area contributed by atoms with E-state index >= 15 is 0 Å². The maximum atomic E-state index is 13.4. The first-order valence-electron chi connectivity index (χ1n) is 7.98. The van der Waals surface area contributed by atoms with E-state index in [4.69, 9.17) is 0 Å². The van der Waals surface area contributed by atoms with Crippen LogP contribution in [0.3, 0.4) is 0 Å². The van der Waals surface area contributed by atoms with Crippen molar-refractivity contribution in [3.05, 3.63) is 35.6 Å². The molecular formula is C17H23FN2O. The molecule has 114 valence electrons. The van der Waals surface area contributed by atoms with E-state index in [0.717, 1.165) is 31.5 Å². The van der Waals surface area contributed by atoms with Gasteiger partial charge < -0.3 is 5.32 Å². The Balaban J connectivity index is 1.54. The molecule has 1 saturated heterocycles. The molecule has 21 heavy (non-hydrogen) atoms. The summed E-state index contributed by atoms with van der Waals surface area (Å²) in [7, 11) is 0. The lowest BCUT2D eigenvalue weighted by Gasteiger charge is -2.27. The van der Waals surface area contributed by atoms with Crippen molar-refractivity contribution in [2.24, 2.45) is 5.92 Å². The van der Waals surface area contributed by atoms with Gasteiger partial charge >= 0.3 is 0 Å². The molecule has 1 heterocycles. The molecule has 3 rings (SSSR count). The van der Waals surface area contributed by atoms with Crippen LogP contribution in [0, 0.1) is 11.7 Å². The lowest BCUT2D eigenvalue weighted by molar-refractivity contribution is -0.122. The Morgan fingerprint density at radius 2 is 2.14 bits per heavy atom. The van der Waals surface area contributed by atoms with Crippen molar-refractivity contribution < 1.29 is 9.18 Å². The molecule has 1 N–H and O–H groups in total. The highest BCUT2D eigenvalue weighted by Crippen LogP contribution is 2.31. The van der Waals surface area contributed by atoms with Crippen LogP contribution in [0.1, 0.15) is 43.7 Å². The van der Waals surface area contributed by atoms with Gasteiger partial charge in [-0.1, -0.05) is 18.6 Å². The normalized spacial score (nSPS) is 23.0. The number of benzene rings is 1. The van der Waals surface area contributed by atoms with Gasteiger partial charge in [-0.25, -0.2) is 4.39 Å². The van der Waals surface area contributed by atoms with Gasteiger partial charge in [-0.15, -0.1) is 0 Å². The van der Waals surface area contributed by atoms with Crippen LogP contribution in [-0.2, 0) is 4.79 Å². The number of halogens is 1. The fourth-order valence-corrected chi connectivity index (χ4v) is 3.30. The van der Waals surface area contributed by atoms with Gasteiger partial charge in [0.25, 0.3) is 0 Å². The second-order valence-electron chi connectivity index (χ2n) is 6.28. The van der Waals surface area contributed by atoms with Crippen molar-refractivity contribution in [2.45, 2.75) is 38.1 Å². The lowest BCUT2D eigenvalue weighted by atomic mass is 9.85. The van der Waals surface area contributed by atoms with E-state index in [1.807, 2.05) is 6.07 Å². The van der Waals surface area contributed by atoms with Crippen molar-refractivity contribution in [3.8, 4) is 0 Å². The van der Waals surface area contributed by atoms with Crippen LogP contribution < -0.4 is 5.32 Å². The lowest BCUT2D eigenvalue weighted by Crippen LogP contribution is -2.39. The number of hydrogen-bond donors (Lipinski definition) is 1. The molecule has 1 unspecified atom stereocenters. The Morgan fingerprint density at radius 1 is 1.29 bits per heavy atom. The Labute approximate surface area is 125 Å². The number of amides is 1. The third-order valence-corrected chi connectivity index (χ3v) is 4.76. The van der Waals surface area contributed by atoms with E-state index in [1.54, 1.807) is 12.1 Å². The van der Waals surface area contributed by atoms with Crippen molar-refractivity contribution in [3.63, 3.8) is 0 Å². The first kappa shape index (κ1) is 14.5. The standard InChI is InChI=1S/C17H23FN2O/c18-15-7-2-6-14(10-15)16-8-3-9-20(16)12-17(21)19-11-13-4-1-5-13/h2,6-7,10,13,16H,1,3-5,8-9,11-12H2,(H,19,21). The van der Waals surface area contributed by atoms with Crippen LogP contribution in [-0.4, -0.2) is 30.4 Å². The monoisotopic (exact) mass is 290 g/mol. The van der Waals surface area contributed by atoms with Crippen LogP contribution >= 0.6 is 0 Å². The predicted molar refractivity (Wildman–Crippen MR) is 80.3 cm³/mol. The topological polar surface area (TPSA) is 32.3 Å². The summed E-state index contributed by atoms with van der Waals surface area (Å²) in [5.74, 6) is 0.588. The van der Waals surface area contributed by atoms with Gasteiger partial charge in [-0.2, -0.15) is 0 Å². The number of nitrogens with zero attached hydrogens (tertiary/aromatic N) is 1. The molecule has 1 atom stereocenters. The Kier molecular flexibility index (Phi) is 4.54. The van der Waals surface area contributed by atoms with Crippen molar-refractivity contribution >= 4 is 5.91 Å². The zero-order valence-corrected chi connectivity index (χ0v) is 12.4. The van der Waals surface area contributed by atoms with Crippen LogP contribution in [0.25, 0.3) is 0 Å². The minimum atomic E-state index is -0.200. The Bertz CT molecular complexity index is 501. The van der Waals surface area contributed by atoms with E-state index in [0.29, 0.717) is 12.5 Å². The maximum Gasteiger partial charge on any atom is 0.234 e. The summed E-state index contributed by atoms with van der Waals surface area (Å²) in [5.41, 5.74) is 0.985. The second kappa shape index (κ2) is 6.56. The average Bonchev–Trinajstić information content (AvgIpc) is 2.85.